The molecule has 2 N–H and O–H groups in total. The quantitative estimate of drug-likeness (QED) is 0.666. The normalized spacial score (nSPS) is 11.0. The van der Waals surface area contributed by atoms with Crippen LogP contribution in [0.15, 0.2) is 65.6 Å². The number of anilines is 3. The van der Waals surface area contributed by atoms with Gasteiger partial charge in [-0.1, -0.05) is 17.7 Å². The predicted octanol–water partition coefficient (Wildman–Crippen LogP) is 3.68. The van der Waals surface area contributed by atoms with Crippen LogP contribution >= 0.6 is 11.6 Å². The van der Waals surface area contributed by atoms with Gasteiger partial charge in [0.15, 0.2) is 11.6 Å². The van der Waals surface area contributed by atoms with E-state index >= 15 is 0 Å². The minimum Gasteiger partial charge on any atom is -0.497 e. The number of sulfonamides is 1. The van der Waals surface area contributed by atoms with Crippen molar-refractivity contribution < 1.29 is 13.2 Å². The number of halogens is 1. The van der Waals surface area contributed by atoms with Crippen LogP contribution in [0.25, 0.3) is 0 Å². The third kappa shape index (κ3) is 4.41. The summed E-state index contributed by atoms with van der Waals surface area (Å²) in [6.45, 7) is 0. The van der Waals surface area contributed by atoms with E-state index in [-0.39, 0.29) is 10.7 Å². The maximum Gasteiger partial charge on any atom is 0.263 e. The van der Waals surface area contributed by atoms with Crippen LogP contribution in [0.5, 0.6) is 5.75 Å². The van der Waals surface area contributed by atoms with Gasteiger partial charge in [0.1, 0.15) is 5.75 Å². The molecule has 3 rings (SSSR count). The van der Waals surface area contributed by atoms with Crippen molar-refractivity contribution in [3.63, 3.8) is 0 Å². The summed E-state index contributed by atoms with van der Waals surface area (Å²) >= 11 is 5.93. The molecule has 0 amide bonds. The van der Waals surface area contributed by atoms with E-state index < -0.39 is 10.0 Å². The largest absolute Gasteiger partial charge is 0.497 e. The van der Waals surface area contributed by atoms with Gasteiger partial charge in [0, 0.05) is 10.7 Å². The molecule has 7 nitrogen and oxygen atoms in total. The fraction of sp³-hybridized carbons (Fsp3) is 0.0588. The van der Waals surface area contributed by atoms with E-state index in [1.165, 1.54) is 25.3 Å². The molecule has 0 aliphatic heterocycles. The molecule has 3 aromatic rings. The lowest BCUT2D eigenvalue weighted by Gasteiger charge is -2.09. The summed E-state index contributed by atoms with van der Waals surface area (Å²) < 4.78 is 32.1. The zero-order valence-corrected chi connectivity index (χ0v) is 15.3. The number of aromatic nitrogens is 2. The van der Waals surface area contributed by atoms with E-state index in [1.807, 2.05) is 6.07 Å². The first-order valence-corrected chi connectivity index (χ1v) is 9.35. The van der Waals surface area contributed by atoms with Gasteiger partial charge in [0.2, 0.25) is 0 Å². The summed E-state index contributed by atoms with van der Waals surface area (Å²) in [6, 6.07) is 16.3. The van der Waals surface area contributed by atoms with Crippen LogP contribution in [-0.4, -0.2) is 25.7 Å². The summed E-state index contributed by atoms with van der Waals surface area (Å²) in [5.74, 6) is 1.14. The topological polar surface area (TPSA) is 93.2 Å². The summed E-state index contributed by atoms with van der Waals surface area (Å²) in [7, 11) is -2.25. The Morgan fingerprint density at radius 3 is 2.27 bits per heavy atom. The molecule has 1 heterocycles. The van der Waals surface area contributed by atoms with Crippen LogP contribution in [0.1, 0.15) is 0 Å². The average molecular weight is 391 g/mol. The van der Waals surface area contributed by atoms with Crippen molar-refractivity contribution in [2.24, 2.45) is 0 Å². The molecule has 1 aromatic heterocycles. The molecule has 0 saturated carbocycles. The van der Waals surface area contributed by atoms with Crippen LogP contribution in [0, 0.1) is 0 Å². The highest BCUT2D eigenvalue weighted by molar-refractivity contribution is 7.92. The third-order valence-electron chi connectivity index (χ3n) is 3.37. The number of nitrogens with one attached hydrogen (secondary N) is 2. The fourth-order valence-electron chi connectivity index (χ4n) is 2.12. The Morgan fingerprint density at radius 1 is 0.962 bits per heavy atom. The third-order valence-corrected chi connectivity index (χ3v) is 4.98. The molecule has 9 heteroatoms. The van der Waals surface area contributed by atoms with Gasteiger partial charge in [-0.05, 0) is 54.6 Å². The number of hydrogen-bond acceptors (Lipinski definition) is 6. The van der Waals surface area contributed by atoms with Crippen molar-refractivity contribution in [1.29, 1.82) is 0 Å². The second-order valence-corrected chi connectivity index (χ2v) is 7.34. The Balaban J connectivity index is 1.71. The van der Waals surface area contributed by atoms with Crippen molar-refractivity contribution in [2.45, 2.75) is 4.90 Å². The van der Waals surface area contributed by atoms with Crippen LogP contribution in [0.4, 0.5) is 17.3 Å². The van der Waals surface area contributed by atoms with Crippen LogP contribution in [0.3, 0.4) is 0 Å². The van der Waals surface area contributed by atoms with Crippen molar-refractivity contribution in [2.75, 3.05) is 17.1 Å². The molecule has 0 radical (unpaired) electrons. The van der Waals surface area contributed by atoms with Gasteiger partial charge in [-0.2, -0.15) is 0 Å². The van der Waals surface area contributed by atoms with E-state index in [0.717, 1.165) is 5.69 Å². The van der Waals surface area contributed by atoms with Gasteiger partial charge in [0.05, 0.1) is 12.0 Å². The molecule has 0 unspecified atom stereocenters. The van der Waals surface area contributed by atoms with E-state index in [4.69, 9.17) is 16.3 Å². The van der Waals surface area contributed by atoms with Gasteiger partial charge in [-0.15, -0.1) is 10.2 Å². The highest BCUT2D eigenvalue weighted by Gasteiger charge is 2.15. The van der Waals surface area contributed by atoms with Gasteiger partial charge < -0.3 is 10.1 Å². The minimum atomic E-state index is -3.76. The summed E-state index contributed by atoms with van der Waals surface area (Å²) in [5, 5.41) is 11.5. The van der Waals surface area contributed by atoms with E-state index in [9.17, 15) is 8.42 Å². The number of hydrogen-bond donors (Lipinski definition) is 2. The van der Waals surface area contributed by atoms with E-state index in [2.05, 4.69) is 20.2 Å². The monoisotopic (exact) mass is 390 g/mol. The van der Waals surface area contributed by atoms with Crippen LogP contribution in [-0.2, 0) is 10.0 Å². The predicted molar refractivity (Wildman–Crippen MR) is 101 cm³/mol. The second-order valence-electron chi connectivity index (χ2n) is 5.22. The number of methoxy groups -OCH3 is 1. The smallest absolute Gasteiger partial charge is 0.263 e. The molecule has 0 aliphatic carbocycles. The Morgan fingerprint density at radius 2 is 1.65 bits per heavy atom. The van der Waals surface area contributed by atoms with Crippen molar-refractivity contribution in [1.82, 2.24) is 10.2 Å². The molecule has 0 atom stereocenters. The van der Waals surface area contributed by atoms with Crippen LogP contribution in [0.2, 0.25) is 5.02 Å². The van der Waals surface area contributed by atoms with Crippen molar-refractivity contribution in [3.05, 3.63) is 65.7 Å². The lowest BCUT2D eigenvalue weighted by molar-refractivity contribution is 0.414. The summed E-state index contributed by atoms with van der Waals surface area (Å²) in [6.07, 6.45) is 0. The standard InChI is InChI=1S/C17H15ClN4O3S/c1-25-14-5-7-15(8-6-14)26(23,24)22-17-10-9-16(20-21-17)19-13-4-2-3-12(18)11-13/h2-11H,1H3,(H,19,20)(H,21,22). The molecule has 2 aromatic carbocycles. The molecule has 0 aliphatic rings. The molecule has 0 bridgehead atoms. The zero-order chi connectivity index (χ0) is 18.6. The van der Waals surface area contributed by atoms with Crippen molar-refractivity contribution >= 4 is 38.9 Å². The lowest BCUT2D eigenvalue weighted by atomic mass is 10.3. The molecule has 26 heavy (non-hydrogen) atoms. The summed E-state index contributed by atoms with van der Waals surface area (Å²) in [4.78, 5) is 0.0984. The summed E-state index contributed by atoms with van der Waals surface area (Å²) in [5.41, 5.74) is 0.748. The van der Waals surface area contributed by atoms with E-state index in [1.54, 1.807) is 36.4 Å². The average Bonchev–Trinajstić information content (AvgIpc) is 2.63. The second kappa shape index (κ2) is 7.59. The lowest BCUT2D eigenvalue weighted by Crippen LogP contribution is -2.14. The molecule has 0 saturated heterocycles. The first-order chi connectivity index (χ1) is 12.5. The molecular formula is C17H15ClN4O3S. The van der Waals surface area contributed by atoms with Gasteiger partial charge in [0.25, 0.3) is 10.0 Å². The Labute approximate surface area is 156 Å². The molecule has 134 valence electrons. The Kier molecular flexibility index (Phi) is 5.24. The highest BCUT2D eigenvalue weighted by atomic mass is 35.5. The number of nitrogens with zero attached hydrogens (tertiary/aromatic N) is 2. The van der Waals surface area contributed by atoms with Gasteiger partial charge in [-0.25, -0.2) is 8.42 Å². The maximum absolute atomic E-state index is 12.4. The first-order valence-electron chi connectivity index (χ1n) is 7.49. The molecule has 0 spiro atoms. The first kappa shape index (κ1) is 18.0. The SMILES string of the molecule is COc1ccc(S(=O)(=O)Nc2ccc(Nc3cccc(Cl)c3)nn2)cc1. The zero-order valence-electron chi connectivity index (χ0n) is 13.7. The highest BCUT2D eigenvalue weighted by Crippen LogP contribution is 2.20. The Hall–Kier alpha value is -2.84. The van der Waals surface area contributed by atoms with Crippen molar-refractivity contribution in [3.8, 4) is 5.75 Å². The molecular weight excluding hydrogens is 376 g/mol. The van der Waals surface area contributed by atoms with E-state index in [0.29, 0.717) is 16.6 Å². The van der Waals surface area contributed by atoms with Crippen LogP contribution < -0.4 is 14.8 Å². The number of ether oxygens (including phenoxy) is 1. The molecule has 0 fully saturated rings. The van der Waals surface area contributed by atoms with Gasteiger partial charge in [-0.3, -0.25) is 4.72 Å². The Bertz CT molecular complexity index is 993. The number of rotatable bonds is 6. The number of benzene rings is 2. The maximum atomic E-state index is 12.4. The minimum absolute atomic E-state index is 0.0984. The fourth-order valence-corrected chi connectivity index (χ4v) is 3.31. The van der Waals surface area contributed by atoms with Gasteiger partial charge >= 0.3 is 0 Å².